The summed E-state index contributed by atoms with van der Waals surface area (Å²) in [7, 11) is 0.0887. The van der Waals surface area contributed by atoms with Crippen LogP contribution in [0.4, 0.5) is 0 Å². The lowest BCUT2D eigenvalue weighted by Crippen LogP contribution is -1.94. The van der Waals surface area contributed by atoms with E-state index in [1.165, 1.54) is 0 Å². The Morgan fingerprint density at radius 2 is 2.14 bits per heavy atom. The van der Waals surface area contributed by atoms with Crippen molar-refractivity contribution in [3.8, 4) is 0 Å². The second-order valence-corrected chi connectivity index (χ2v) is 3.70. The van der Waals surface area contributed by atoms with Gasteiger partial charge >= 0.3 is 0 Å². The fourth-order valence-corrected chi connectivity index (χ4v) is 1.63. The van der Waals surface area contributed by atoms with E-state index in [-0.39, 0.29) is 14.6 Å². The Bertz CT molecular complexity index is 321. The van der Waals surface area contributed by atoms with Gasteiger partial charge in [-0.25, -0.2) is 4.74 Å². The molecule has 0 unspecified atom stereocenters. The molecule has 0 bridgehead atoms. The van der Waals surface area contributed by atoms with Crippen LogP contribution in [-0.4, -0.2) is 4.89 Å². The normalized spacial score (nSPS) is 13.0. The molecule has 3 heteroatoms. The molecular weight excluding hydrogens is 193 g/mol. The Morgan fingerprint density at radius 3 is 2.64 bits per heavy atom. The molecule has 1 aromatic rings. The van der Waals surface area contributed by atoms with Crippen LogP contribution < -0.4 is 0 Å². The van der Waals surface area contributed by atoms with E-state index in [1.807, 2.05) is 37.3 Å². The van der Waals surface area contributed by atoms with Gasteiger partial charge < -0.3 is 4.89 Å². The highest BCUT2D eigenvalue weighted by atomic mass is 31.1. The van der Waals surface area contributed by atoms with Crippen LogP contribution in [-0.2, 0) is 0 Å². The minimum atomic E-state index is 0.0281. The monoisotopic (exact) mass is 207 g/mol. The molecule has 0 heterocycles. The van der Waals surface area contributed by atoms with Crippen molar-refractivity contribution in [1.82, 2.24) is 0 Å². The van der Waals surface area contributed by atoms with Crippen molar-refractivity contribution in [2.75, 3.05) is 0 Å². The van der Waals surface area contributed by atoms with E-state index in [1.54, 1.807) is 0 Å². The van der Waals surface area contributed by atoms with Crippen LogP contribution in [0.2, 0.25) is 0 Å². The lowest BCUT2D eigenvalue weighted by molar-refractivity contribution is 0.638. The molecule has 1 aromatic carbocycles. The van der Waals surface area contributed by atoms with Gasteiger partial charge in [0.2, 0.25) is 0 Å². The van der Waals surface area contributed by atoms with E-state index in [0.29, 0.717) is 0 Å². The maximum atomic E-state index is 8.79. The molecule has 0 aliphatic heterocycles. The Morgan fingerprint density at radius 1 is 1.50 bits per heavy atom. The van der Waals surface area contributed by atoms with E-state index in [0.717, 1.165) is 17.6 Å². The molecule has 0 saturated heterocycles. The zero-order valence-corrected chi connectivity index (χ0v) is 9.11. The SMILES string of the molecule is C=C(C)C[C@@H](N=PO)c1ccccc1. The summed E-state index contributed by atoms with van der Waals surface area (Å²) >= 11 is 0. The van der Waals surface area contributed by atoms with Gasteiger partial charge in [0.15, 0.2) is 8.60 Å². The van der Waals surface area contributed by atoms with E-state index in [4.69, 9.17) is 4.89 Å². The van der Waals surface area contributed by atoms with E-state index < -0.39 is 0 Å². The Kier molecular flexibility index (Phi) is 4.51. The summed E-state index contributed by atoms with van der Waals surface area (Å²) in [6, 6.07) is 9.98. The van der Waals surface area contributed by atoms with Gasteiger partial charge in [-0.2, -0.15) is 0 Å². The number of nitrogens with zero attached hydrogens (tertiary/aromatic N) is 1. The van der Waals surface area contributed by atoms with Crippen LogP contribution in [0.15, 0.2) is 47.2 Å². The Hall–Kier alpha value is -0.980. The highest BCUT2D eigenvalue weighted by Crippen LogP contribution is 2.26. The van der Waals surface area contributed by atoms with Crippen molar-refractivity contribution in [2.24, 2.45) is 4.74 Å². The third-order valence-corrected chi connectivity index (χ3v) is 2.30. The van der Waals surface area contributed by atoms with Gasteiger partial charge in [-0.1, -0.05) is 35.9 Å². The first-order valence-corrected chi connectivity index (χ1v) is 5.27. The summed E-state index contributed by atoms with van der Waals surface area (Å²) in [5, 5.41) is 0. The first-order chi connectivity index (χ1) is 6.74. The van der Waals surface area contributed by atoms with Crippen molar-refractivity contribution in [3.63, 3.8) is 0 Å². The predicted molar refractivity (Wildman–Crippen MR) is 60.2 cm³/mol. The van der Waals surface area contributed by atoms with Crippen molar-refractivity contribution in [2.45, 2.75) is 19.4 Å². The fourth-order valence-electron chi connectivity index (χ4n) is 1.29. The molecule has 0 aliphatic rings. The van der Waals surface area contributed by atoms with Gasteiger partial charge in [0.1, 0.15) is 0 Å². The average molecular weight is 207 g/mol. The number of benzene rings is 1. The maximum absolute atomic E-state index is 8.79. The van der Waals surface area contributed by atoms with Crippen molar-refractivity contribution in [1.29, 1.82) is 0 Å². The van der Waals surface area contributed by atoms with E-state index in [9.17, 15) is 0 Å². The topological polar surface area (TPSA) is 32.6 Å². The molecule has 0 aliphatic carbocycles. The molecular formula is C11H14NOP. The Balaban J connectivity index is 2.83. The van der Waals surface area contributed by atoms with E-state index >= 15 is 0 Å². The summed E-state index contributed by atoms with van der Waals surface area (Å²) in [6.07, 6.45) is 0.789. The molecule has 74 valence electrons. The maximum Gasteiger partial charge on any atom is 0.169 e. The minimum Gasteiger partial charge on any atom is -0.327 e. The second-order valence-electron chi connectivity index (χ2n) is 3.29. The minimum absolute atomic E-state index is 0.0281. The highest BCUT2D eigenvalue weighted by molar-refractivity contribution is 7.19. The molecule has 14 heavy (non-hydrogen) atoms. The molecule has 0 saturated carbocycles. The predicted octanol–water partition coefficient (Wildman–Crippen LogP) is 3.73. The largest absolute Gasteiger partial charge is 0.327 e. The lowest BCUT2D eigenvalue weighted by Gasteiger charge is -2.11. The molecule has 0 amide bonds. The van der Waals surface area contributed by atoms with Crippen LogP contribution in [0.25, 0.3) is 0 Å². The van der Waals surface area contributed by atoms with Gasteiger partial charge in [0.05, 0.1) is 6.04 Å². The lowest BCUT2D eigenvalue weighted by atomic mass is 10.0. The van der Waals surface area contributed by atoms with Crippen LogP contribution in [0, 0.1) is 0 Å². The first-order valence-electron chi connectivity index (χ1n) is 4.47. The number of hydrogen-bond acceptors (Lipinski definition) is 1. The first kappa shape index (κ1) is 11.1. The third kappa shape index (κ3) is 3.41. The van der Waals surface area contributed by atoms with Crippen LogP contribution in [0.3, 0.4) is 0 Å². The van der Waals surface area contributed by atoms with Gasteiger partial charge in [-0.3, -0.25) is 0 Å². The van der Waals surface area contributed by atoms with Crippen LogP contribution in [0.5, 0.6) is 0 Å². The average Bonchev–Trinajstić information content (AvgIpc) is 2.18. The molecule has 0 radical (unpaired) electrons. The zero-order chi connectivity index (χ0) is 10.4. The summed E-state index contributed by atoms with van der Waals surface area (Å²) in [4.78, 5) is 8.79. The summed E-state index contributed by atoms with van der Waals surface area (Å²) in [5.41, 5.74) is 2.20. The molecule has 1 atom stereocenters. The highest BCUT2D eigenvalue weighted by Gasteiger charge is 2.08. The number of hydrogen-bond donors (Lipinski definition) is 1. The summed E-state index contributed by atoms with van der Waals surface area (Å²) in [5.74, 6) is 0. The van der Waals surface area contributed by atoms with Gasteiger partial charge in [0, 0.05) is 0 Å². The van der Waals surface area contributed by atoms with Gasteiger partial charge in [-0.05, 0) is 18.9 Å². The van der Waals surface area contributed by atoms with Crippen LogP contribution >= 0.6 is 8.60 Å². The third-order valence-electron chi connectivity index (χ3n) is 1.92. The fraction of sp³-hybridized carbons (Fsp3) is 0.273. The molecule has 0 aromatic heterocycles. The smallest absolute Gasteiger partial charge is 0.169 e. The second kappa shape index (κ2) is 5.69. The van der Waals surface area contributed by atoms with Crippen molar-refractivity contribution in [3.05, 3.63) is 48.0 Å². The molecule has 1 rings (SSSR count). The molecule has 0 spiro atoms. The summed E-state index contributed by atoms with van der Waals surface area (Å²) < 4.78 is 4.10. The summed E-state index contributed by atoms with van der Waals surface area (Å²) in [6.45, 7) is 5.83. The molecule has 0 fully saturated rings. The molecule has 1 N–H and O–H groups in total. The Labute approximate surface area is 86.3 Å². The standard InChI is InChI=1S/C11H14NOP/c1-9(2)8-11(12-14-13)10-6-4-3-5-7-10/h3-7,11H,1,8H2,2H3,(H,12,13)/t11-/m1/s1. The quantitative estimate of drug-likeness (QED) is 0.592. The van der Waals surface area contributed by atoms with Gasteiger partial charge in [-0.15, -0.1) is 6.58 Å². The van der Waals surface area contributed by atoms with E-state index in [2.05, 4.69) is 11.3 Å². The zero-order valence-electron chi connectivity index (χ0n) is 8.22. The van der Waals surface area contributed by atoms with Crippen molar-refractivity contribution >= 4 is 8.60 Å². The number of rotatable bonds is 4. The van der Waals surface area contributed by atoms with Crippen molar-refractivity contribution < 1.29 is 4.89 Å². The molecule has 2 nitrogen and oxygen atoms in total. The van der Waals surface area contributed by atoms with Crippen LogP contribution in [0.1, 0.15) is 24.9 Å². The van der Waals surface area contributed by atoms with Gasteiger partial charge in [0.25, 0.3) is 0 Å².